The highest BCUT2D eigenvalue weighted by Gasteiger charge is 2.41. The molecule has 0 aromatic rings. The van der Waals surface area contributed by atoms with E-state index in [2.05, 4.69) is 0 Å². The summed E-state index contributed by atoms with van der Waals surface area (Å²) >= 11 is 0. The molecule has 86 valence electrons. The van der Waals surface area contributed by atoms with Gasteiger partial charge in [0.1, 0.15) is 0 Å². The first-order valence-corrected chi connectivity index (χ1v) is 5.50. The van der Waals surface area contributed by atoms with Crippen molar-refractivity contribution in [2.45, 2.75) is 45.4 Å². The van der Waals surface area contributed by atoms with Crippen LogP contribution in [0.3, 0.4) is 0 Å². The number of ether oxygens (including phenoxy) is 1. The molecule has 0 aromatic heterocycles. The van der Waals surface area contributed by atoms with Gasteiger partial charge in [-0.2, -0.15) is 0 Å². The van der Waals surface area contributed by atoms with Gasteiger partial charge in [-0.05, 0) is 19.8 Å². The summed E-state index contributed by atoms with van der Waals surface area (Å²) in [4.78, 5) is 22.5. The third-order valence-corrected chi connectivity index (χ3v) is 3.05. The molecule has 1 aliphatic carbocycles. The molecule has 1 aliphatic rings. The molecule has 0 spiro atoms. The molecule has 0 amide bonds. The first-order valence-electron chi connectivity index (χ1n) is 5.50. The molecule has 0 saturated heterocycles. The molecule has 1 rings (SSSR count). The van der Waals surface area contributed by atoms with E-state index >= 15 is 0 Å². The van der Waals surface area contributed by atoms with Crippen LogP contribution in [-0.2, 0) is 14.3 Å². The summed E-state index contributed by atoms with van der Waals surface area (Å²) in [7, 11) is 0. The first kappa shape index (κ1) is 12.0. The van der Waals surface area contributed by atoms with Gasteiger partial charge in [0.05, 0.1) is 18.4 Å². The Morgan fingerprint density at radius 2 is 1.87 bits per heavy atom. The third-order valence-electron chi connectivity index (χ3n) is 3.05. The van der Waals surface area contributed by atoms with E-state index in [9.17, 15) is 14.7 Å². The van der Waals surface area contributed by atoms with Crippen molar-refractivity contribution in [2.24, 2.45) is 5.41 Å². The lowest BCUT2D eigenvalue weighted by molar-refractivity contribution is -0.160. The molecule has 4 nitrogen and oxygen atoms in total. The number of hydrogen-bond donors (Lipinski definition) is 1. The summed E-state index contributed by atoms with van der Waals surface area (Å²) < 4.78 is 4.82. The monoisotopic (exact) mass is 214 g/mol. The zero-order chi connectivity index (χ0) is 11.3. The highest BCUT2D eigenvalue weighted by molar-refractivity contribution is 5.82. The molecule has 0 radical (unpaired) electrons. The topological polar surface area (TPSA) is 63.6 Å². The number of hydrogen-bond acceptors (Lipinski definition) is 3. The van der Waals surface area contributed by atoms with E-state index in [1.165, 1.54) is 0 Å². The molecule has 15 heavy (non-hydrogen) atoms. The molecule has 1 N–H and O–H groups in total. The normalized spacial score (nSPS) is 19.5. The minimum Gasteiger partial charge on any atom is -0.481 e. The van der Waals surface area contributed by atoms with Gasteiger partial charge in [0.25, 0.3) is 0 Å². The molecule has 1 saturated carbocycles. The van der Waals surface area contributed by atoms with Gasteiger partial charge in [0, 0.05) is 0 Å². The van der Waals surface area contributed by atoms with Crippen LogP contribution < -0.4 is 0 Å². The number of carboxylic acids is 1. The maximum absolute atomic E-state index is 11.3. The number of carbonyl (C=O) groups excluding carboxylic acids is 1. The third kappa shape index (κ3) is 2.94. The Balaban J connectivity index is 2.64. The van der Waals surface area contributed by atoms with Crippen LogP contribution in [0.25, 0.3) is 0 Å². The number of esters is 1. The summed E-state index contributed by atoms with van der Waals surface area (Å²) in [5.41, 5.74) is -0.857. The van der Waals surface area contributed by atoms with Crippen molar-refractivity contribution in [2.75, 3.05) is 6.61 Å². The van der Waals surface area contributed by atoms with Crippen molar-refractivity contribution in [1.82, 2.24) is 0 Å². The van der Waals surface area contributed by atoms with Gasteiger partial charge in [-0.1, -0.05) is 19.3 Å². The van der Waals surface area contributed by atoms with Crippen molar-refractivity contribution in [3.05, 3.63) is 0 Å². The number of carbonyl (C=O) groups is 2. The Labute approximate surface area is 89.6 Å². The van der Waals surface area contributed by atoms with Crippen LogP contribution in [0.1, 0.15) is 45.4 Å². The zero-order valence-electron chi connectivity index (χ0n) is 9.12. The second kappa shape index (κ2) is 5.14. The second-order valence-electron chi connectivity index (χ2n) is 4.13. The van der Waals surface area contributed by atoms with E-state index in [0.29, 0.717) is 19.4 Å². The van der Waals surface area contributed by atoms with Crippen LogP contribution in [0.5, 0.6) is 0 Å². The van der Waals surface area contributed by atoms with E-state index in [0.717, 1.165) is 19.3 Å². The number of aliphatic carboxylic acids is 1. The maximum Gasteiger partial charge on any atom is 0.310 e. The van der Waals surface area contributed by atoms with Gasteiger partial charge >= 0.3 is 11.9 Å². The molecule has 1 fully saturated rings. The Morgan fingerprint density at radius 3 is 2.33 bits per heavy atom. The Kier molecular flexibility index (Phi) is 4.12. The lowest BCUT2D eigenvalue weighted by Gasteiger charge is -2.32. The lowest BCUT2D eigenvalue weighted by atomic mass is 9.72. The molecular weight excluding hydrogens is 196 g/mol. The van der Waals surface area contributed by atoms with E-state index in [1.807, 2.05) is 0 Å². The predicted molar refractivity (Wildman–Crippen MR) is 54.4 cm³/mol. The quantitative estimate of drug-likeness (QED) is 0.727. The van der Waals surface area contributed by atoms with Crippen LogP contribution in [0.4, 0.5) is 0 Å². The standard InChI is InChI=1S/C11H18O4/c1-2-15-9(12)8-11(10(13)14)6-4-3-5-7-11/h2-8H2,1H3,(H,13,14). The Hall–Kier alpha value is -1.06. The molecule has 0 aliphatic heterocycles. The fraction of sp³-hybridized carbons (Fsp3) is 0.818. The summed E-state index contributed by atoms with van der Waals surface area (Å²) in [6.45, 7) is 2.04. The van der Waals surface area contributed by atoms with Crippen molar-refractivity contribution in [3.8, 4) is 0 Å². The Morgan fingerprint density at radius 1 is 1.27 bits per heavy atom. The second-order valence-corrected chi connectivity index (χ2v) is 4.13. The zero-order valence-corrected chi connectivity index (χ0v) is 9.12. The molecule has 0 heterocycles. The van der Waals surface area contributed by atoms with Crippen molar-refractivity contribution < 1.29 is 19.4 Å². The number of carboxylic acid groups (broad SMARTS) is 1. The highest BCUT2D eigenvalue weighted by Crippen LogP contribution is 2.39. The highest BCUT2D eigenvalue weighted by atomic mass is 16.5. The molecule has 0 atom stereocenters. The van der Waals surface area contributed by atoms with Gasteiger partial charge in [0.2, 0.25) is 0 Å². The minimum atomic E-state index is -0.857. The molecule has 0 aromatic carbocycles. The van der Waals surface area contributed by atoms with Gasteiger partial charge in [-0.15, -0.1) is 0 Å². The van der Waals surface area contributed by atoms with Crippen LogP contribution in [0.15, 0.2) is 0 Å². The fourth-order valence-corrected chi connectivity index (χ4v) is 2.18. The van der Waals surface area contributed by atoms with Crippen LogP contribution in [0, 0.1) is 5.41 Å². The van der Waals surface area contributed by atoms with Gasteiger partial charge < -0.3 is 9.84 Å². The van der Waals surface area contributed by atoms with Gasteiger partial charge in [-0.3, -0.25) is 9.59 Å². The predicted octanol–water partition coefficient (Wildman–Crippen LogP) is 1.97. The molecule has 0 unspecified atom stereocenters. The SMILES string of the molecule is CCOC(=O)CC1(C(=O)O)CCCCC1. The smallest absolute Gasteiger partial charge is 0.310 e. The minimum absolute atomic E-state index is 0.0240. The Bertz CT molecular complexity index is 241. The fourth-order valence-electron chi connectivity index (χ4n) is 2.18. The van der Waals surface area contributed by atoms with E-state index in [1.54, 1.807) is 6.92 Å². The average molecular weight is 214 g/mol. The van der Waals surface area contributed by atoms with E-state index in [4.69, 9.17) is 4.74 Å². The van der Waals surface area contributed by atoms with Crippen LogP contribution >= 0.6 is 0 Å². The van der Waals surface area contributed by atoms with Crippen molar-refractivity contribution >= 4 is 11.9 Å². The summed E-state index contributed by atoms with van der Waals surface area (Å²) in [5, 5.41) is 9.20. The molecule has 4 heteroatoms. The first-order chi connectivity index (χ1) is 7.10. The summed E-state index contributed by atoms with van der Waals surface area (Å²) in [5.74, 6) is -1.24. The lowest BCUT2D eigenvalue weighted by Crippen LogP contribution is -2.36. The van der Waals surface area contributed by atoms with Gasteiger partial charge in [0.15, 0.2) is 0 Å². The maximum atomic E-state index is 11.3. The van der Waals surface area contributed by atoms with E-state index < -0.39 is 11.4 Å². The average Bonchev–Trinajstić information content (AvgIpc) is 2.19. The molecular formula is C11H18O4. The summed E-state index contributed by atoms with van der Waals surface area (Å²) in [6, 6.07) is 0. The molecule has 0 bridgehead atoms. The van der Waals surface area contributed by atoms with Gasteiger partial charge in [-0.25, -0.2) is 0 Å². The largest absolute Gasteiger partial charge is 0.481 e. The van der Waals surface area contributed by atoms with Crippen molar-refractivity contribution in [1.29, 1.82) is 0 Å². The van der Waals surface area contributed by atoms with E-state index in [-0.39, 0.29) is 12.4 Å². The van der Waals surface area contributed by atoms with Crippen LogP contribution in [-0.4, -0.2) is 23.7 Å². The summed E-state index contributed by atoms with van der Waals surface area (Å²) in [6.07, 6.45) is 4.08. The van der Waals surface area contributed by atoms with Crippen LogP contribution in [0.2, 0.25) is 0 Å². The van der Waals surface area contributed by atoms with Crippen molar-refractivity contribution in [3.63, 3.8) is 0 Å². The number of rotatable bonds is 4.